The molecule has 0 saturated heterocycles. The highest BCUT2D eigenvalue weighted by Gasteiger charge is 2.21. The molecule has 0 amide bonds. The number of rotatable bonds is 6. The minimum Gasteiger partial charge on any atom is -0.493 e. The maximum absolute atomic E-state index is 6.46. The molecular weight excluding hydrogens is 266 g/mol. The van der Waals surface area contributed by atoms with Crippen LogP contribution in [-0.2, 0) is 6.54 Å². The highest BCUT2D eigenvalue weighted by Crippen LogP contribution is 2.29. The van der Waals surface area contributed by atoms with Gasteiger partial charge in [0.1, 0.15) is 5.69 Å². The van der Waals surface area contributed by atoms with E-state index in [0.717, 1.165) is 35.7 Å². The first-order chi connectivity index (χ1) is 10.0. The lowest BCUT2D eigenvalue weighted by Gasteiger charge is -2.19. The van der Waals surface area contributed by atoms with E-state index in [1.54, 1.807) is 19.5 Å². The highest BCUT2D eigenvalue weighted by atomic mass is 16.5. The molecule has 2 aromatic heterocycles. The van der Waals surface area contributed by atoms with Gasteiger partial charge in [-0.3, -0.25) is 9.67 Å². The molecule has 0 spiro atoms. The Morgan fingerprint density at radius 2 is 2.14 bits per heavy atom. The summed E-state index contributed by atoms with van der Waals surface area (Å²) >= 11 is 0. The van der Waals surface area contributed by atoms with Crippen molar-refractivity contribution in [2.45, 2.75) is 19.5 Å². The van der Waals surface area contributed by atoms with Crippen LogP contribution in [0.15, 0.2) is 24.7 Å². The number of pyridine rings is 1. The summed E-state index contributed by atoms with van der Waals surface area (Å²) in [6.45, 7) is 3.67. The molecule has 0 fully saturated rings. The fraction of sp³-hybridized carbons (Fsp3) is 0.467. The molecule has 0 aromatic carbocycles. The summed E-state index contributed by atoms with van der Waals surface area (Å²) in [7, 11) is 5.71. The van der Waals surface area contributed by atoms with Gasteiger partial charge >= 0.3 is 0 Å². The summed E-state index contributed by atoms with van der Waals surface area (Å²) in [5, 5.41) is 4.40. The monoisotopic (exact) mass is 289 g/mol. The highest BCUT2D eigenvalue weighted by molar-refractivity contribution is 5.38. The average molecular weight is 289 g/mol. The van der Waals surface area contributed by atoms with Gasteiger partial charge in [-0.2, -0.15) is 5.10 Å². The van der Waals surface area contributed by atoms with Crippen molar-refractivity contribution in [2.75, 3.05) is 27.7 Å². The van der Waals surface area contributed by atoms with Crippen LogP contribution in [0.5, 0.6) is 5.75 Å². The van der Waals surface area contributed by atoms with Crippen LogP contribution < -0.4 is 10.5 Å². The van der Waals surface area contributed by atoms with Crippen LogP contribution >= 0.6 is 0 Å². The topological polar surface area (TPSA) is 69.2 Å². The second-order valence-corrected chi connectivity index (χ2v) is 5.33. The van der Waals surface area contributed by atoms with E-state index in [9.17, 15) is 0 Å². The van der Waals surface area contributed by atoms with E-state index in [-0.39, 0.29) is 6.04 Å². The van der Waals surface area contributed by atoms with Crippen molar-refractivity contribution >= 4 is 0 Å². The minimum absolute atomic E-state index is 0.285. The summed E-state index contributed by atoms with van der Waals surface area (Å²) in [5.41, 5.74) is 9.46. The first kappa shape index (κ1) is 15.5. The van der Waals surface area contributed by atoms with Gasteiger partial charge < -0.3 is 15.4 Å². The Morgan fingerprint density at radius 3 is 2.76 bits per heavy atom. The predicted molar refractivity (Wildman–Crippen MR) is 82.3 cm³/mol. The van der Waals surface area contributed by atoms with E-state index >= 15 is 0 Å². The molecule has 0 aliphatic rings. The molecule has 1 unspecified atom stereocenters. The molecular formula is C15H23N5O. The minimum atomic E-state index is -0.285. The van der Waals surface area contributed by atoms with Gasteiger partial charge in [-0.15, -0.1) is 0 Å². The number of aromatic nitrogens is 3. The van der Waals surface area contributed by atoms with Crippen LogP contribution in [0.3, 0.4) is 0 Å². The normalized spacial score (nSPS) is 12.7. The zero-order valence-corrected chi connectivity index (χ0v) is 13.1. The van der Waals surface area contributed by atoms with Gasteiger partial charge in [0, 0.05) is 18.9 Å². The fourth-order valence-electron chi connectivity index (χ4n) is 2.30. The van der Waals surface area contributed by atoms with Gasteiger partial charge in [0.05, 0.1) is 25.9 Å². The van der Waals surface area contributed by atoms with E-state index in [0.29, 0.717) is 0 Å². The molecule has 114 valence electrons. The van der Waals surface area contributed by atoms with Gasteiger partial charge in [0.2, 0.25) is 0 Å². The van der Waals surface area contributed by atoms with Crippen molar-refractivity contribution in [3.05, 3.63) is 41.5 Å². The van der Waals surface area contributed by atoms with Crippen LogP contribution in [0.1, 0.15) is 22.9 Å². The summed E-state index contributed by atoms with van der Waals surface area (Å²) in [6, 6.07) is 1.66. The van der Waals surface area contributed by atoms with Crippen LogP contribution in [-0.4, -0.2) is 47.4 Å². The molecule has 2 heterocycles. The van der Waals surface area contributed by atoms with Crippen molar-refractivity contribution in [1.82, 2.24) is 19.7 Å². The summed E-state index contributed by atoms with van der Waals surface area (Å²) in [4.78, 5) is 6.23. The van der Waals surface area contributed by atoms with Gasteiger partial charge in [-0.05, 0) is 38.2 Å². The predicted octanol–water partition coefficient (Wildman–Crippen LogP) is 1.20. The van der Waals surface area contributed by atoms with Crippen LogP contribution in [0.25, 0.3) is 0 Å². The Balaban J connectivity index is 2.36. The van der Waals surface area contributed by atoms with Crippen LogP contribution in [0.2, 0.25) is 0 Å². The van der Waals surface area contributed by atoms with Gasteiger partial charge in [0.25, 0.3) is 0 Å². The SMILES string of the molecule is COc1cnn(CCN(C)C)c1C(N)c1ccncc1C. The van der Waals surface area contributed by atoms with E-state index in [4.69, 9.17) is 10.5 Å². The van der Waals surface area contributed by atoms with Crippen LogP contribution in [0, 0.1) is 6.92 Å². The Bertz CT molecular complexity index is 593. The van der Waals surface area contributed by atoms with Crippen molar-refractivity contribution in [1.29, 1.82) is 0 Å². The Morgan fingerprint density at radius 1 is 1.38 bits per heavy atom. The van der Waals surface area contributed by atoms with Crippen molar-refractivity contribution < 1.29 is 4.74 Å². The second-order valence-electron chi connectivity index (χ2n) is 5.33. The van der Waals surface area contributed by atoms with E-state index in [1.807, 2.05) is 38.0 Å². The number of hydrogen-bond acceptors (Lipinski definition) is 5. The Kier molecular flexibility index (Phi) is 4.93. The second kappa shape index (κ2) is 6.69. The molecule has 6 nitrogen and oxygen atoms in total. The number of aryl methyl sites for hydroxylation is 1. The van der Waals surface area contributed by atoms with E-state index < -0.39 is 0 Å². The fourth-order valence-corrected chi connectivity index (χ4v) is 2.30. The molecule has 1 atom stereocenters. The Hall–Kier alpha value is -1.92. The zero-order chi connectivity index (χ0) is 15.4. The third-order valence-electron chi connectivity index (χ3n) is 3.52. The molecule has 0 bridgehead atoms. The zero-order valence-electron chi connectivity index (χ0n) is 13.1. The summed E-state index contributed by atoms with van der Waals surface area (Å²) in [5.74, 6) is 0.720. The third kappa shape index (κ3) is 3.40. The lowest BCUT2D eigenvalue weighted by molar-refractivity contribution is 0.363. The standard InChI is InChI=1S/C15H23N5O/c1-11-9-17-6-5-12(11)14(16)15-13(21-4)10-18-20(15)8-7-19(2)3/h5-6,9-10,14H,7-8,16H2,1-4H3. The van der Waals surface area contributed by atoms with Crippen molar-refractivity contribution in [3.8, 4) is 5.75 Å². The maximum atomic E-state index is 6.46. The maximum Gasteiger partial charge on any atom is 0.161 e. The molecule has 2 N–H and O–H groups in total. The number of nitrogens with two attached hydrogens (primary N) is 1. The van der Waals surface area contributed by atoms with Gasteiger partial charge in [-0.1, -0.05) is 0 Å². The summed E-state index contributed by atoms with van der Waals surface area (Å²) < 4.78 is 7.34. The van der Waals surface area contributed by atoms with Crippen molar-refractivity contribution in [2.24, 2.45) is 5.73 Å². The molecule has 0 aliphatic heterocycles. The lowest BCUT2D eigenvalue weighted by atomic mass is 10.0. The lowest BCUT2D eigenvalue weighted by Crippen LogP contribution is -2.24. The smallest absolute Gasteiger partial charge is 0.161 e. The molecule has 0 radical (unpaired) electrons. The first-order valence-corrected chi connectivity index (χ1v) is 6.95. The van der Waals surface area contributed by atoms with Crippen LogP contribution in [0.4, 0.5) is 0 Å². The number of methoxy groups -OCH3 is 1. The number of nitrogens with zero attached hydrogens (tertiary/aromatic N) is 4. The average Bonchev–Trinajstić information content (AvgIpc) is 2.87. The van der Waals surface area contributed by atoms with Gasteiger partial charge in [-0.25, -0.2) is 0 Å². The molecule has 21 heavy (non-hydrogen) atoms. The quantitative estimate of drug-likeness (QED) is 0.865. The number of likely N-dealkylation sites (N-methyl/N-ethyl adjacent to an activating group) is 1. The van der Waals surface area contributed by atoms with E-state index in [1.165, 1.54) is 0 Å². The Labute approximate surface area is 125 Å². The van der Waals surface area contributed by atoms with Crippen molar-refractivity contribution in [3.63, 3.8) is 0 Å². The third-order valence-corrected chi connectivity index (χ3v) is 3.52. The molecule has 6 heteroatoms. The van der Waals surface area contributed by atoms with E-state index in [2.05, 4.69) is 15.0 Å². The van der Waals surface area contributed by atoms with Gasteiger partial charge in [0.15, 0.2) is 5.75 Å². The largest absolute Gasteiger partial charge is 0.493 e. The summed E-state index contributed by atoms with van der Waals surface area (Å²) in [6.07, 6.45) is 5.30. The number of ether oxygens (including phenoxy) is 1. The first-order valence-electron chi connectivity index (χ1n) is 6.95. The number of hydrogen-bond donors (Lipinski definition) is 1. The molecule has 0 saturated carbocycles. The molecule has 2 rings (SSSR count). The molecule has 2 aromatic rings. The molecule has 0 aliphatic carbocycles.